The Kier molecular flexibility index (Phi) is 11.1. The first-order valence-corrected chi connectivity index (χ1v) is 12.3. The fourth-order valence-corrected chi connectivity index (χ4v) is 4.77. The molecule has 0 radical (unpaired) electrons. The van der Waals surface area contributed by atoms with Crippen molar-refractivity contribution in [2.24, 2.45) is 0 Å². The van der Waals surface area contributed by atoms with Gasteiger partial charge in [0.15, 0.2) is 0 Å². The molecule has 1 aromatic carbocycles. The van der Waals surface area contributed by atoms with Gasteiger partial charge in [-0.05, 0) is 62.3 Å². The second kappa shape index (κ2) is 13.3. The Balaban J connectivity index is 0.000000279. The quantitative estimate of drug-likeness (QED) is 0.290. The number of carboxylic acids is 1. The van der Waals surface area contributed by atoms with Crippen molar-refractivity contribution >= 4 is 5.97 Å². The van der Waals surface area contributed by atoms with E-state index in [1.54, 1.807) is 0 Å². The summed E-state index contributed by atoms with van der Waals surface area (Å²) in [5.41, 5.74) is -3.58. The fourth-order valence-electron chi connectivity index (χ4n) is 4.77. The van der Waals surface area contributed by atoms with Crippen LogP contribution in [0.25, 0.3) is 0 Å². The van der Waals surface area contributed by atoms with Crippen molar-refractivity contribution < 1.29 is 36.2 Å². The van der Waals surface area contributed by atoms with Gasteiger partial charge in [-0.1, -0.05) is 44.6 Å². The molecule has 2 aliphatic carbocycles. The molecule has 2 N–H and O–H groups in total. The van der Waals surface area contributed by atoms with E-state index in [0.717, 1.165) is 12.1 Å². The Morgan fingerprint density at radius 3 is 1.66 bits per heavy atom. The molecule has 1 aromatic rings. The summed E-state index contributed by atoms with van der Waals surface area (Å²) in [5, 5.41) is 12.9. The van der Waals surface area contributed by atoms with Crippen molar-refractivity contribution in [3.63, 3.8) is 0 Å². The summed E-state index contributed by atoms with van der Waals surface area (Å²) in [6.45, 7) is 3.35. The van der Waals surface area contributed by atoms with Crippen molar-refractivity contribution in [1.29, 1.82) is 0 Å². The summed E-state index contributed by atoms with van der Waals surface area (Å²) in [5.74, 6) is -2.96. The van der Waals surface area contributed by atoms with Crippen LogP contribution in [-0.2, 0) is 17.1 Å². The molecule has 0 spiro atoms. The predicted molar refractivity (Wildman–Crippen MR) is 123 cm³/mol. The first-order chi connectivity index (χ1) is 16.4. The zero-order valence-electron chi connectivity index (χ0n) is 19.9. The second-order valence-corrected chi connectivity index (χ2v) is 9.43. The molecule has 0 aromatic heterocycles. The summed E-state index contributed by atoms with van der Waals surface area (Å²) in [4.78, 5) is 11.1. The van der Waals surface area contributed by atoms with E-state index in [2.05, 4.69) is 11.9 Å². The lowest BCUT2D eigenvalue weighted by Crippen LogP contribution is -2.40. The van der Waals surface area contributed by atoms with Crippen molar-refractivity contribution in [1.82, 2.24) is 5.32 Å². The highest BCUT2D eigenvalue weighted by atomic mass is 19.4. The van der Waals surface area contributed by atoms with Crippen molar-refractivity contribution in [2.45, 2.75) is 107 Å². The van der Waals surface area contributed by atoms with E-state index in [1.165, 1.54) is 70.3 Å². The minimum atomic E-state index is -5.00. The number of carbonyl (C=O) groups is 1. The van der Waals surface area contributed by atoms with Gasteiger partial charge in [0.05, 0.1) is 17.0 Å². The maximum Gasteiger partial charge on any atom is 0.416 e. The lowest BCUT2D eigenvalue weighted by Gasteiger charge is -2.30. The fraction of sp³-hybridized carbons (Fsp3) is 0.654. The molecule has 1 unspecified atom stereocenters. The molecule has 35 heavy (non-hydrogen) atoms. The van der Waals surface area contributed by atoms with Gasteiger partial charge < -0.3 is 10.4 Å². The number of aliphatic carboxylic acids is 1. The third-order valence-electron chi connectivity index (χ3n) is 6.65. The van der Waals surface area contributed by atoms with Crippen LogP contribution in [0.2, 0.25) is 0 Å². The molecule has 0 bridgehead atoms. The Labute approximate surface area is 203 Å². The normalized spacial score (nSPS) is 18.9. The van der Waals surface area contributed by atoms with E-state index < -0.39 is 40.9 Å². The minimum Gasteiger partial charge on any atom is -0.481 e. The highest BCUT2D eigenvalue weighted by Crippen LogP contribution is 2.38. The van der Waals surface area contributed by atoms with Crippen molar-refractivity contribution in [3.05, 3.63) is 47.5 Å². The van der Waals surface area contributed by atoms with Gasteiger partial charge in [0.2, 0.25) is 0 Å². The zero-order chi connectivity index (χ0) is 26.1. The van der Waals surface area contributed by atoms with E-state index in [0.29, 0.717) is 12.1 Å². The van der Waals surface area contributed by atoms with Gasteiger partial charge in [-0.3, -0.25) is 4.79 Å². The Bertz CT molecular complexity index is 761. The van der Waals surface area contributed by atoms with Crippen LogP contribution in [0.5, 0.6) is 0 Å². The maximum atomic E-state index is 12.7. The smallest absolute Gasteiger partial charge is 0.416 e. The number of carboxylic acid groups (broad SMARTS) is 1. The standard InChI is InChI=1S/C14H12F6O2.C12H23N/c1-2-3-4-11(12(21)22)8-5-9(13(15,16)17)7-10(6-8)14(18,19)20;1-3-7-11(8-4-1)13-12-9-5-2-6-10-12/h2,5-7,11H,1,3-4H2,(H,21,22);11-13H,1-10H2. The molecule has 1 atom stereocenters. The molecular weight excluding hydrogens is 472 g/mol. The number of alkyl halides is 6. The summed E-state index contributed by atoms with van der Waals surface area (Å²) < 4.78 is 76.3. The van der Waals surface area contributed by atoms with Crippen LogP contribution in [-0.4, -0.2) is 23.2 Å². The third kappa shape index (κ3) is 9.86. The topological polar surface area (TPSA) is 49.3 Å². The first-order valence-electron chi connectivity index (χ1n) is 12.3. The summed E-state index contributed by atoms with van der Waals surface area (Å²) >= 11 is 0. The molecule has 2 saturated carbocycles. The van der Waals surface area contributed by atoms with Gasteiger partial charge >= 0.3 is 18.3 Å². The molecule has 3 rings (SSSR count). The number of halogens is 6. The van der Waals surface area contributed by atoms with Gasteiger partial charge in [-0.2, -0.15) is 26.3 Å². The van der Waals surface area contributed by atoms with Crippen LogP contribution in [0.1, 0.15) is 99.7 Å². The molecule has 0 saturated heterocycles. The predicted octanol–water partition coefficient (Wildman–Crippen LogP) is 8.10. The van der Waals surface area contributed by atoms with Gasteiger partial charge in [-0.15, -0.1) is 6.58 Å². The van der Waals surface area contributed by atoms with Crippen LogP contribution >= 0.6 is 0 Å². The van der Waals surface area contributed by atoms with E-state index in [9.17, 15) is 31.1 Å². The van der Waals surface area contributed by atoms with Crippen LogP contribution in [0.3, 0.4) is 0 Å². The van der Waals surface area contributed by atoms with E-state index in [-0.39, 0.29) is 18.9 Å². The molecule has 2 aliphatic rings. The van der Waals surface area contributed by atoms with E-state index >= 15 is 0 Å². The Morgan fingerprint density at radius 1 is 0.886 bits per heavy atom. The molecule has 0 amide bonds. The number of rotatable bonds is 7. The molecular formula is C26H35F6NO2. The largest absolute Gasteiger partial charge is 0.481 e. The number of benzene rings is 1. The maximum absolute atomic E-state index is 12.7. The molecule has 2 fully saturated rings. The number of hydrogen-bond acceptors (Lipinski definition) is 2. The van der Waals surface area contributed by atoms with Crippen LogP contribution in [0.15, 0.2) is 30.9 Å². The number of nitrogens with one attached hydrogen (secondary N) is 1. The first kappa shape index (κ1) is 29.2. The SMILES string of the molecule is C1CCC(NC2CCCCC2)CC1.C=CCCC(C(=O)O)c1cc(C(F)(F)F)cc(C(F)(F)F)c1. The Hall–Kier alpha value is -2.03. The summed E-state index contributed by atoms with van der Waals surface area (Å²) in [6, 6.07) is 2.60. The minimum absolute atomic E-state index is 0.0318. The average molecular weight is 508 g/mol. The van der Waals surface area contributed by atoms with Gasteiger partial charge in [-0.25, -0.2) is 0 Å². The van der Waals surface area contributed by atoms with Gasteiger partial charge in [0.1, 0.15) is 0 Å². The zero-order valence-corrected chi connectivity index (χ0v) is 19.9. The monoisotopic (exact) mass is 507 g/mol. The highest BCUT2D eigenvalue weighted by molar-refractivity contribution is 5.76. The Morgan fingerprint density at radius 2 is 1.31 bits per heavy atom. The molecule has 198 valence electrons. The highest BCUT2D eigenvalue weighted by Gasteiger charge is 2.38. The van der Waals surface area contributed by atoms with Crippen molar-refractivity contribution in [3.8, 4) is 0 Å². The van der Waals surface area contributed by atoms with Crippen LogP contribution < -0.4 is 5.32 Å². The molecule has 0 heterocycles. The third-order valence-corrected chi connectivity index (χ3v) is 6.65. The molecule has 0 aliphatic heterocycles. The molecule has 3 nitrogen and oxygen atoms in total. The number of allylic oxidation sites excluding steroid dienone is 1. The average Bonchev–Trinajstić information content (AvgIpc) is 2.80. The summed E-state index contributed by atoms with van der Waals surface area (Å²) in [6.07, 6.45) is 5.91. The molecule has 9 heteroatoms. The van der Waals surface area contributed by atoms with E-state index in [1.807, 2.05) is 0 Å². The summed E-state index contributed by atoms with van der Waals surface area (Å²) in [7, 11) is 0. The van der Waals surface area contributed by atoms with Crippen LogP contribution in [0, 0.1) is 0 Å². The van der Waals surface area contributed by atoms with Crippen LogP contribution in [0.4, 0.5) is 26.3 Å². The van der Waals surface area contributed by atoms with Gasteiger partial charge in [0.25, 0.3) is 0 Å². The van der Waals surface area contributed by atoms with Gasteiger partial charge in [0, 0.05) is 12.1 Å². The van der Waals surface area contributed by atoms with Crippen molar-refractivity contribution in [2.75, 3.05) is 0 Å². The van der Waals surface area contributed by atoms with E-state index in [4.69, 9.17) is 5.11 Å². The number of hydrogen-bond donors (Lipinski definition) is 2. The second-order valence-electron chi connectivity index (χ2n) is 9.43. The lowest BCUT2D eigenvalue weighted by atomic mass is 9.91. The lowest BCUT2D eigenvalue weighted by molar-refractivity contribution is -0.144.